The summed E-state index contributed by atoms with van der Waals surface area (Å²) in [5.74, 6) is -0.730. The van der Waals surface area contributed by atoms with Gasteiger partial charge < -0.3 is 15.8 Å². The number of fused-ring (bicyclic) bond motifs is 2. The molecule has 184 valence electrons. The first-order valence-corrected chi connectivity index (χ1v) is 11.5. The maximum Gasteiger partial charge on any atom is 0.337 e. The zero-order chi connectivity index (χ0) is 26.1. The third-order valence-corrected chi connectivity index (χ3v) is 6.12. The van der Waals surface area contributed by atoms with E-state index in [9.17, 15) is 9.59 Å². The fraction of sp³-hybridized carbons (Fsp3) is 0.107. The second kappa shape index (κ2) is 9.54. The first-order chi connectivity index (χ1) is 17.9. The highest BCUT2D eigenvalue weighted by Crippen LogP contribution is 2.29. The number of hydrogen-bond acceptors (Lipinski definition) is 7. The Hall–Kier alpha value is -5.05. The van der Waals surface area contributed by atoms with Gasteiger partial charge in [-0.25, -0.2) is 14.8 Å². The van der Waals surface area contributed by atoms with Crippen LogP contribution in [0.25, 0.3) is 22.2 Å². The van der Waals surface area contributed by atoms with Gasteiger partial charge in [-0.05, 0) is 66.9 Å². The zero-order valence-corrected chi connectivity index (χ0v) is 20.5. The molecule has 0 saturated carbocycles. The number of benzene rings is 3. The largest absolute Gasteiger partial charge is 0.465 e. The van der Waals surface area contributed by atoms with Crippen LogP contribution in [-0.2, 0) is 4.74 Å². The number of amides is 1. The lowest BCUT2D eigenvalue weighted by Gasteiger charge is -2.08. The zero-order valence-electron chi connectivity index (χ0n) is 20.5. The van der Waals surface area contributed by atoms with E-state index in [4.69, 9.17) is 20.4 Å². The SMILES string of the molecule is COC(=O)c1ccc(C=Nn2c(N)c(C(=O)Nc3ccc(C)c(C)c3)c3nc4ccccc4nc32)cc1. The van der Waals surface area contributed by atoms with Crippen LogP contribution in [0.4, 0.5) is 11.5 Å². The molecule has 9 nitrogen and oxygen atoms in total. The van der Waals surface area contributed by atoms with Gasteiger partial charge in [0.1, 0.15) is 16.9 Å². The van der Waals surface area contributed by atoms with Gasteiger partial charge in [0.25, 0.3) is 5.91 Å². The number of methoxy groups -OCH3 is 1. The molecule has 0 aliphatic heterocycles. The Labute approximate surface area is 212 Å². The van der Waals surface area contributed by atoms with Gasteiger partial charge in [0, 0.05) is 5.69 Å². The van der Waals surface area contributed by atoms with E-state index in [0.717, 1.165) is 11.1 Å². The van der Waals surface area contributed by atoms with Crippen LogP contribution in [-0.4, -0.2) is 39.8 Å². The van der Waals surface area contributed by atoms with Gasteiger partial charge >= 0.3 is 5.97 Å². The van der Waals surface area contributed by atoms with Crippen LogP contribution in [0.2, 0.25) is 0 Å². The standard InChI is InChI=1S/C28H24N6O3/c1-16-8-13-20(14-17(16)2)31-27(35)23-24-26(33-22-7-5-4-6-21(22)32-24)34(25(23)29)30-15-18-9-11-19(12-10-18)28(36)37-3/h4-15H,29H2,1-3H3,(H,31,35). The number of hydrogen-bond donors (Lipinski definition) is 2. The average molecular weight is 493 g/mol. The normalized spacial score (nSPS) is 11.3. The smallest absolute Gasteiger partial charge is 0.337 e. The number of para-hydroxylation sites is 2. The van der Waals surface area contributed by atoms with Crippen LogP contribution in [0.3, 0.4) is 0 Å². The van der Waals surface area contributed by atoms with Crippen molar-refractivity contribution in [1.82, 2.24) is 14.6 Å². The number of carbonyl (C=O) groups is 2. The average Bonchev–Trinajstić information content (AvgIpc) is 3.17. The molecule has 37 heavy (non-hydrogen) atoms. The van der Waals surface area contributed by atoms with Crippen molar-refractivity contribution in [2.24, 2.45) is 5.10 Å². The number of nitrogens with one attached hydrogen (secondary N) is 1. The number of rotatable bonds is 5. The van der Waals surface area contributed by atoms with E-state index < -0.39 is 11.9 Å². The number of carbonyl (C=O) groups excluding carboxylic acids is 2. The number of nitrogens with zero attached hydrogens (tertiary/aromatic N) is 4. The van der Waals surface area contributed by atoms with Gasteiger partial charge in [0.15, 0.2) is 5.65 Å². The van der Waals surface area contributed by atoms with E-state index in [1.165, 1.54) is 11.8 Å². The molecule has 9 heteroatoms. The summed E-state index contributed by atoms with van der Waals surface area (Å²) in [5.41, 5.74) is 12.6. The van der Waals surface area contributed by atoms with Crippen LogP contribution in [0.15, 0.2) is 71.8 Å². The van der Waals surface area contributed by atoms with E-state index in [0.29, 0.717) is 39.0 Å². The Bertz CT molecular complexity index is 1700. The lowest BCUT2D eigenvalue weighted by Crippen LogP contribution is -2.14. The third kappa shape index (κ3) is 4.50. The third-order valence-electron chi connectivity index (χ3n) is 6.12. The number of aromatic nitrogens is 3. The van der Waals surface area contributed by atoms with Gasteiger partial charge in [0.05, 0.1) is 29.9 Å². The summed E-state index contributed by atoms with van der Waals surface area (Å²) in [4.78, 5) is 34.5. The monoisotopic (exact) mass is 492 g/mol. The first kappa shape index (κ1) is 23.7. The summed E-state index contributed by atoms with van der Waals surface area (Å²) in [6, 6.07) is 19.8. The first-order valence-electron chi connectivity index (χ1n) is 11.5. The van der Waals surface area contributed by atoms with Crippen LogP contribution in [0.1, 0.15) is 37.4 Å². The molecule has 0 bridgehead atoms. The molecule has 0 atom stereocenters. The maximum atomic E-state index is 13.4. The molecule has 0 saturated heterocycles. The highest BCUT2D eigenvalue weighted by molar-refractivity contribution is 6.16. The number of esters is 1. The Balaban J connectivity index is 1.59. The molecule has 1 amide bonds. The minimum Gasteiger partial charge on any atom is -0.465 e. The fourth-order valence-electron chi connectivity index (χ4n) is 3.95. The molecule has 0 aliphatic carbocycles. The Kier molecular flexibility index (Phi) is 6.10. The van der Waals surface area contributed by atoms with Crippen LogP contribution < -0.4 is 11.1 Å². The number of aryl methyl sites for hydroxylation is 2. The van der Waals surface area contributed by atoms with E-state index in [2.05, 4.69) is 10.4 Å². The minimum atomic E-state index is -0.425. The van der Waals surface area contributed by atoms with Crippen molar-refractivity contribution in [3.05, 3.63) is 94.5 Å². The summed E-state index contributed by atoms with van der Waals surface area (Å²) < 4.78 is 6.14. The number of nitrogens with two attached hydrogens (primary N) is 1. The predicted molar refractivity (Wildman–Crippen MR) is 144 cm³/mol. The van der Waals surface area contributed by atoms with Gasteiger partial charge in [-0.3, -0.25) is 4.79 Å². The topological polar surface area (TPSA) is 124 Å². The van der Waals surface area contributed by atoms with Crippen molar-refractivity contribution >= 4 is 51.8 Å². The van der Waals surface area contributed by atoms with Crippen molar-refractivity contribution in [2.75, 3.05) is 18.2 Å². The van der Waals surface area contributed by atoms with Gasteiger partial charge in [-0.2, -0.15) is 9.78 Å². The maximum absolute atomic E-state index is 13.4. The minimum absolute atomic E-state index is 0.106. The van der Waals surface area contributed by atoms with E-state index in [-0.39, 0.29) is 11.4 Å². The summed E-state index contributed by atoms with van der Waals surface area (Å²) in [5, 5.41) is 7.43. The molecule has 5 aromatic rings. The molecule has 0 unspecified atom stereocenters. The highest BCUT2D eigenvalue weighted by atomic mass is 16.5. The van der Waals surface area contributed by atoms with Crippen molar-refractivity contribution in [3.63, 3.8) is 0 Å². The van der Waals surface area contributed by atoms with E-state index in [1.807, 2.05) is 56.3 Å². The molecular weight excluding hydrogens is 468 g/mol. The Morgan fingerprint density at radius 3 is 2.35 bits per heavy atom. The lowest BCUT2D eigenvalue weighted by molar-refractivity contribution is 0.0600. The molecule has 0 spiro atoms. The number of anilines is 2. The molecule has 3 aromatic carbocycles. The summed E-state index contributed by atoms with van der Waals surface area (Å²) in [6.45, 7) is 3.99. The second-order valence-electron chi connectivity index (χ2n) is 8.57. The molecule has 2 heterocycles. The summed E-state index contributed by atoms with van der Waals surface area (Å²) in [7, 11) is 1.33. The van der Waals surface area contributed by atoms with Gasteiger partial charge in [-0.1, -0.05) is 30.3 Å². The highest BCUT2D eigenvalue weighted by Gasteiger charge is 2.24. The molecule has 0 radical (unpaired) electrons. The summed E-state index contributed by atoms with van der Waals surface area (Å²) in [6.07, 6.45) is 1.57. The molecular formula is C28H24N6O3. The van der Waals surface area contributed by atoms with Gasteiger partial charge in [-0.15, -0.1) is 0 Å². The molecule has 5 rings (SSSR count). The fourth-order valence-corrected chi connectivity index (χ4v) is 3.95. The Morgan fingerprint density at radius 1 is 0.973 bits per heavy atom. The molecule has 2 aromatic heterocycles. The Morgan fingerprint density at radius 2 is 1.68 bits per heavy atom. The van der Waals surface area contributed by atoms with E-state index >= 15 is 0 Å². The summed E-state index contributed by atoms with van der Waals surface area (Å²) >= 11 is 0. The van der Waals surface area contributed by atoms with E-state index in [1.54, 1.807) is 30.5 Å². The second-order valence-corrected chi connectivity index (χ2v) is 8.57. The van der Waals surface area contributed by atoms with Crippen molar-refractivity contribution in [2.45, 2.75) is 13.8 Å². The quantitative estimate of drug-likeness (QED) is 0.271. The molecule has 3 N–H and O–H groups in total. The molecule has 0 fully saturated rings. The van der Waals surface area contributed by atoms with Gasteiger partial charge in [0.2, 0.25) is 0 Å². The predicted octanol–water partition coefficient (Wildman–Crippen LogP) is 4.70. The van der Waals surface area contributed by atoms with Crippen molar-refractivity contribution in [3.8, 4) is 0 Å². The molecule has 0 aliphatic rings. The van der Waals surface area contributed by atoms with Crippen molar-refractivity contribution < 1.29 is 14.3 Å². The lowest BCUT2D eigenvalue weighted by atomic mass is 10.1. The number of nitrogen functional groups attached to an aromatic ring is 1. The van der Waals surface area contributed by atoms with Crippen molar-refractivity contribution in [1.29, 1.82) is 0 Å². The van der Waals surface area contributed by atoms with Crippen LogP contribution >= 0.6 is 0 Å². The van der Waals surface area contributed by atoms with Crippen LogP contribution in [0, 0.1) is 13.8 Å². The van der Waals surface area contributed by atoms with Crippen LogP contribution in [0.5, 0.6) is 0 Å². The number of ether oxygens (including phenoxy) is 1.